The molecule has 0 saturated heterocycles. The van der Waals surface area contributed by atoms with Crippen LogP contribution in [0.5, 0.6) is 0 Å². The highest BCUT2D eigenvalue weighted by Gasteiger charge is 2.21. The first-order valence-corrected chi connectivity index (χ1v) is 10.0. The molecule has 0 aliphatic carbocycles. The van der Waals surface area contributed by atoms with E-state index in [0.29, 0.717) is 0 Å². The molecule has 6 rings (SSSR count). The Kier molecular flexibility index (Phi) is 3.56. The number of hydrogen-bond donors (Lipinski definition) is 0. The Hall–Kier alpha value is -3.92. The van der Waals surface area contributed by atoms with Crippen LogP contribution in [-0.4, -0.2) is 14.5 Å². The molecule has 6 aromatic rings. The third-order valence-electron chi connectivity index (χ3n) is 5.60. The molecule has 3 heterocycles. The Balaban J connectivity index is 1.77. The van der Waals surface area contributed by atoms with Crippen molar-refractivity contribution in [1.29, 1.82) is 0 Å². The lowest BCUT2D eigenvalue weighted by molar-refractivity contribution is 0.669. The first-order chi connectivity index (χ1) is 14.7. The summed E-state index contributed by atoms with van der Waals surface area (Å²) >= 11 is 0. The van der Waals surface area contributed by atoms with Gasteiger partial charge in [0, 0.05) is 22.2 Å². The van der Waals surface area contributed by atoms with E-state index in [4.69, 9.17) is 14.4 Å². The van der Waals surface area contributed by atoms with Crippen molar-refractivity contribution in [3.8, 4) is 17.1 Å². The van der Waals surface area contributed by atoms with Crippen molar-refractivity contribution in [3.63, 3.8) is 0 Å². The second kappa shape index (κ2) is 6.29. The summed E-state index contributed by atoms with van der Waals surface area (Å²) in [6.07, 6.45) is 0. The normalized spacial score (nSPS) is 11.7. The van der Waals surface area contributed by atoms with Crippen LogP contribution in [0.2, 0.25) is 0 Å². The second-order valence-electron chi connectivity index (χ2n) is 7.60. The van der Waals surface area contributed by atoms with Gasteiger partial charge in [0.15, 0.2) is 0 Å². The maximum absolute atomic E-state index is 6.31. The first-order valence-electron chi connectivity index (χ1n) is 10.0. The van der Waals surface area contributed by atoms with Crippen LogP contribution in [-0.2, 0) is 0 Å². The van der Waals surface area contributed by atoms with E-state index in [9.17, 15) is 0 Å². The fourth-order valence-electron chi connectivity index (χ4n) is 4.37. The van der Waals surface area contributed by atoms with E-state index in [0.717, 1.165) is 61.4 Å². The van der Waals surface area contributed by atoms with Gasteiger partial charge in [-0.05, 0) is 44.2 Å². The zero-order chi connectivity index (χ0) is 20.2. The molecule has 4 nitrogen and oxygen atoms in total. The highest BCUT2D eigenvalue weighted by molar-refractivity contribution is 6.09. The lowest BCUT2D eigenvalue weighted by Gasteiger charge is -2.11. The van der Waals surface area contributed by atoms with E-state index in [1.807, 2.05) is 56.3 Å². The van der Waals surface area contributed by atoms with Crippen LogP contribution in [0.25, 0.3) is 50.0 Å². The smallest absolute Gasteiger partial charge is 0.149 e. The zero-order valence-corrected chi connectivity index (χ0v) is 16.8. The number of furan rings is 1. The highest BCUT2D eigenvalue weighted by atomic mass is 16.3. The van der Waals surface area contributed by atoms with Gasteiger partial charge in [-0.15, -0.1) is 0 Å². The molecule has 144 valence electrons. The molecule has 0 fully saturated rings. The van der Waals surface area contributed by atoms with Gasteiger partial charge in [0.25, 0.3) is 0 Å². The van der Waals surface area contributed by atoms with Crippen molar-refractivity contribution < 1.29 is 4.42 Å². The molecule has 0 bridgehead atoms. The van der Waals surface area contributed by atoms with Crippen molar-refractivity contribution in [2.24, 2.45) is 0 Å². The second-order valence-corrected chi connectivity index (χ2v) is 7.60. The summed E-state index contributed by atoms with van der Waals surface area (Å²) in [6.45, 7) is 4.05. The van der Waals surface area contributed by atoms with Gasteiger partial charge >= 0.3 is 0 Å². The topological polar surface area (TPSA) is 43.9 Å². The largest absolute Gasteiger partial charge is 0.455 e. The lowest BCUT2D eigenvalue weighted by atomic mass is 10.1. The fraction of sp³-hybridized carbons (Fsp3) is 0.0769. The summed E-state index contributed by atoms with van der Waals surface area (Å²) in [5, 5.41) is 2.21. The number of fused-ring (bicyclic) bond motifs is 4. The van der Waals surface area contributed by atoms with E-state index in [2.05, 4.69) is 41.0 Å². The fourth-order valence-corrected chi connectivity index (χ4v) is 4.37. The van der Waals surface area contributed by atoms with E-state index in [-0.39, 0.29) is 0 Å². The molecule has 30 heavy (non-hydrogen) atoms. The Morgan fingerprint density at radius 1 is 0.767 bits per heavy atom. The van der Waals surface area contributed by atoms with E-state index in [1.54, 1.807) is 0 Å². The molecule has 0 unspecified atom stereocenters. The average Bonchev–Trinajstić information content (AvgIpc) is 3.33. The Labute approximate surface area is 173 Å². The van der Waals surface area contributed by atoms with Gasteiger partial charge in [-0.3, -0.25) is 9.55 Å². The number of hydrogen-bond acceptors (Lipinski definition) is 3. The first kappa shape index (κ1) is 17.0. The highest BCUT2D eigenvalue weighted by Crippen LogP contribution is 2.38. The molecule has 3 aromatic carbocycles. The predicted molar refractivity (Wildman–Crippen MR) is 121 cm³/mol. The van der Waals surface area contributed by atoms with E-state index < -0.39 is 0 Å². The van der Waals surface area contributed by atoms with Gasteiger partial charge in [-0.2, -0.15) is 0 Å². The van der Waals surface area contributed by atoms with Crippen LogP contribution < -0.4 is 0 Å². The minimum Gasteiger partial charge on any atom is -0.455 e. The predicted octanol–water partition coefficient (Wildman–Crippen LogP) is 6.60. The van der Waals surface area contributed by atoms with Crippen molar-refractivity contribution >= 4 is 33.0 Å². The Morgan fingerprint density at radius 3 is 2.40 bits per heavy atom. The SMILES string of the molecule is Cc1cc2nc(-c3cccc4c3oc3ccccc34)n(-c3ccccc3)c2c(C)n1. The quantitative estimate of drug-likeness (QED) is 0.335. The summed E-state index contributed by atoms with van der Waals surface area (Å²) in [5.74, 6) is 0.858. The minimum atomic E-state index is 0.855. The van der Waals surface area contributed by atoms with Crippen molar-refractivity contribution in [1.82, 2.24) is 14.5 Å². The number of para-hydroxylation sites is 3. The Morgan fingerprint density at radius 2 is 1.53 bits per heavy atom. The molecular formula is C26H19N3O. The maximum atomic E-state index is 6.31. The molecule has 0 radical (unpaired) electrons. The summed E-state index contributed by atoms with van der Waals surface area (Å²) in [6, 6.07) is 26.8. The van der Waals surface area contributed by atoms with Crippen LogP contribution in [0.4, 0.5) is 0 Å². The van der Waals surface area contributed by atoms with Gasteiger partial charge in [0.2, 0.25) is 0 Å². The maximum Gasteiger partial charge on any atom is 0.149 e. The monoisotopic (exact) mass is 389 g/mol. The molecule has 0 aliphatic heterocycles. The van der Waals surface area contributed by atoms with Crippen molar-refractivity contribution in [2.75, 3.05) is 0 Å². The Bertz CT molecular complexity index is 1560. The molecule has 0 atom stereocenters. The molecule has 0 saturated carbocycles. The standard InChI is InChI=1S/C26H19N3O/c1-16-15-22-24(17(2)27-16)29(18-9-4-3-5-10-18)26(28-22)21-13-8-12-20-19-11-6-7-14-23(19)30-25(20)21/h3-15H,1-2H3. The molecule has 0 aliphatic rings. The van der Waals surface area contributed by atoms with Crippen LogP contribution >= 0.6 is 0 Å². The molecular weight excluding hydrogens is 370 g/mol. The number of nitrogens with zero attached hydrogens (tertiary/aromatic N) is 3. The third-order valence-corrected chi connectivity index (χ3v) is 5.60. The van der Waals surface area contributed by atoms with Gasteiger partial charge in [0.05, 0.1) is 22.3 Å². The lowest BCUT2D eigenvalue weighted by Crippen LogP contribution is -1.99. The summed E-state index contributed by atoms with van der Waals surface area (Å²) in [5.41, 5.74) is 7.65. The van der Waals surface area contributed by atoms with E-state index in [1.165, 1.54) is 0 Å². The molecule has 0 N–H and O–H groups in total. The summed E-state index contributed by atoms with van der Waals surface area (Å²) < 4.78 is 8.50. The molecule has 3 aromatic heterocycles. The number of aromatic nitrogens is 3. The van der Waals surface area contributed by atoms with Gasteiger partial charge in [-0.25, -0.2) is 4.98 Å². The van der Waals surface area contributed by atoms with Crippen LogP contribution in [0.3, 0.4) is 0 Å². The number of rotatable bonds is 2. The average molecular weight is 389 g/mol. The van der Waals surface area contributed by atoms with E-state index >= 15 is 0 Å². The molecule has 0 amide bonds. The van der Waals surface area contributed by atoms with Crippen molar-refractivity contribution in [2.45, 2.75) is 13.8 Å². The minimum absolute atomic E-state index is 0.855. The number of aryl methyl sites for hydroxylation is 2. The van der Waals surface area contributed by atoms with Gasteiger partial charge in [-0.1, -0.05) is 48.5 Å². The number of imidazole rings is 1. The summed E-state index contributed by atoms with van der Waals surface area (Å²) in [7, 11) is 0. The zero-order valence-electron chi connectivity index (χ0n) is 16.8. The van der Waals surface area contributed by atoms with Gasteiger partial charge < -0.3 is 4.42 Å². The number of pyridine rings is 1. The third kappa shape index (κ3) is 2.40. The van der Waals surface area contributed by atoms with Crippen LogP contribution in [0.15, 0.2) is 83.3 Å². The number of benzene rings is 3. The summed E-state index contributed by atoms with van der Waals surface area (Å²) in [4.78, 5) is 9.77. The molecule has 0 spiro atoms. The molecule has 4 heteroatoms. The van der Waals surface area contributed by atoms with Crippen LogP contribution in [0, 0.1) is 13.8 Å². The van der Waals surface area contributed by atoms with Crippen molar-refractivity contribution in [3.05, 3.63) is 90.3 Å². The van der Waals surface area contributed by atoms with Crippen LogP contribution in [0.1, 0.15) is 11.4 Å². The van der Waals surface area contributed by atoms with Gasteiger partial charge in [0.1, 0.15) is 17.0 Å².